The molecule has 1 aromatic carbocycles. The summed E-state index contributed by atoms with van der Waals surface area (Å²) in [5.74, 6) is 0. The summed E-state index contributed by atoms with van der Waals surface area (Å²) in [6, 6.07) is 10.2. The molecule has 2 saturated heterocycles. The number of hydrogen-bond donors (Lipinski definition) is 0. The number of nitrogens with zero attached hydrogens (tertiary/aromatic N) is 3. The van der Waals surface area contributed by atoms with E-state index in [0.717, 1.165) is 36.1 Å². The van der Waals surface area contributed by atoms with Crippen LogP contribution in [0.4, 0.5) is 0 Å². The number of fused-ring (bicyclic) bond motifs is 1. The minimum atomic E-state index is 0.150. The second-order valence-corrected chi connectivity index (χ2v) is 7.89. The number of pyridine rings is 1. The van der Waals surface area contributed by atoms with Crippen molar-refractivity contribution in [1.82, 2.24) is 14.4 Å². The second-order valence-electron chi connectivity index (χ2n) is 7.89. The third-order valence-electron chi connectivity index (χ3n) is 5.97. The number of aromatic nitrogens is 1. The third kappa shape index (κ3) is 2.78. The van der Waals surface area contributed by atoms with Crippen molar-refractivity contribution < 1.29 is 0 Å². The van der Waals surface area contributed by atoms with Crippen LogP contribution in [0.2, 0.25) is 0 Å². The summed E-state index contributed by atoms with van der Waals surface area (Å²) in [7, 11) is 4.12. The highest BCUT2D eigenvalue weighted by Crippen LogP contribution is 2.38. The van der Waals surface area contributed by atoms with Gasteiger partial charge in [0.15, 0.2) is 0 Å². The van der Waals surface area contributed by atoms with Crippen LogP contribution in [-0.4, -0.2) is 47.6 Å². The average molecular weight is 325 g/mol. The van der Waals surface area contributed by atoms with Crippen LogP contribution in [0.1, 0.15) is 24.8 Å². The van der Waals surface area contributed by atoms with Crippen molar-refractivity contribution in [3.05, 3.63) is 46.2 Å². The molecule has 0 amide bonds. The Balaban J connectivity index is 1.60. The largest absolute Gasteiger partial charge is 0.311 e. The van der Waals surface area contributed by atoms with Gasteiger partial charge in [-0.3, -0.25) is 9.69 Å². The third-order valence-corrected chi connectivity index (χ3v) is 5.97. The summed E-state index contributed by atoms with van der Waals surface area (Å²) in [6.07, 6.45) is 3.89. The molecule has 0 saturated carbocycles. The fraction of sp³-hybridized carbons (Fsp3) is 0.550. The van der Waals surface area contributed by atoms with Gasteiger partial charge in [0.2, 0.25) is 0 Å². The van der Waals surface area contributed by atoms with Crippen LogP contribution in [-0.2, 0) is 13.6 Å². The monoisotopic (exact) mass is 325 g/mol. The molecule has 1 atom stereocenters. The maximum atomic E-state index is 12.7. The van der Waals surface area contributed by atoms with Crippen molar-refractivity contribution in [2.24, 2.45) is 12.5 Å². The Labute approximate surface area is 143 Å². The lowest BCUT2D eigenvalue weighted by molar-refractivity contribution is 0.0896. The van der Waals surface area contributed by atoms with Gasteiger partial charge in [0.05, 0.1) is 5.52 Å². The fourth-order valence-corrected chi connectivity index (χ4v) is 4.78. The first kappa shape index (κ1) is 15.9. The van der Waals surface area contributed by atoms with E-state index < -0.39 is 0 Å². The summed E-state index contributed by atoms with van der Waals surface area (Å²) < 4.78 is 1.80. The van der Waals surface area contributed by atoms with E-state index >= 15 is 0 Å². The Morgan fingerprint density at radius 2 is 1.92 bits per heavy atom. The standard InChI is InChI=1S/C20H27N3O/c1-21-11-9-20(14-21)8-5-10-23(15-20)13-17-12-16-6-3-4-7-18(16)22(2)19(17)24/h3-4,6-7,12H,5,8-11,13-15H2,1-2H3/t20-/m0/s1. The summed E-state index contributed by atoms with van der Waals surface area (Å²) >= 11 is 0. The van der Waals surface area contributed by atoms with E-state index in [9.17, 15) is 4.79 Å². The van der Waals surface area contributed by atoms with Crippen molar-refractivity contribution >= 4 is 10.9 Å². The molecular weight excluding hydrogens is 298 g/mol. The van der Waals surface area contributed by atoms with E-state index in [1.165, 1.54) is 32.4 Å². The molecule has 2 aliphatic heterocycles. The molecule has 1 spiro atoms. The number of para-hydroxylation sites is 1. The number of piperidine rings is 1. The van der Waals surface area contributed by atoms with E-state index in [1.807, 2.05) is 25.2 Å². The molecule has 4 rings (SSSR count). The minimum absolute atomic E-state index is 0.150. The Morgan fingerprint density at radius 1 is 1.08 bits per heavy atom. The van der Waals surface area contributed by atoms with Crippen LogP contribution >= 0.6 is 0 Å². The molecule has 1 aromatic heterocycles. The van der Waals surface area contributed by atoms with Gasteiger partial charge in [-0.15, -0.1) is 0 Å². The highest BCUT2D eigenvalue weighted by Gasteiger charge is 2.40. The van der Waals surface area contributed by atoms with Gasteiger partial charge in [0, 0.05) is 32.2 Å². The van der Waals surface area contributed by atoms with Gasteiger partial charge in [0.25, 0.3) is 5.56 Å². The van der Waals surface area contributed by atoms with Gasteiger partial charge in [0.1, 0.15) is 0 Å². The quantitative estimate of drug-likeness (QED) is 0.849. The predicted molar refractivity (Wildman–Crippen MR) is 98.2 cm³/mol. The molecule has 0 N–H and O–H groups in total. The second kappa shape index (κ2) is 6.01. The summed E-state index contributed by atoms with van der Waals surface area (Å²) in [4.78, 5) is 17.7. The van der Waals surface area contributed by atoms with Crippen molar-refractivity contribution in [1.29, 1.82) is 0 Å². The van der Waals surface area contributed by atoms with Gasteiger partial charge in [-0.1, -0.05) is 18.2 Å². The maximum Gasteiger partial charge on any atom is 0.255 e. The average Bonchev–Trinajstić information content (AvgIpc) is 2.92. The summed E-state index contributed by atoms with van der Waals surface area (Å²) in [5, 5.41) is 1.15. The lowest BCUT2D eigenvalue weighted by Gasteiger charge is -2.40. The van der Waals surface area contributed by atoms with E-state index in [1.54, 1.807) is 4.57 Å². The van der Waals surface area contributed by atoms with Crippen molar-refractivity contribution in [3.63, 3.8) is 0 Å². The highest BCUT2D eigenvalue weighted by atomic mass is 16.1. The number of benzene rings is 1. The molecule has 2 aliphatic rings. The van der Waals surface area contributed by atoms with Gasteiger partial charge >= 0.3 is 0 Å². The van der Waals surface area contributed by atoms with Crippen molar-refractivity contribution in [3.8, 4) is 0 Å². The molecule has 2 fully saturated rings. The van der Waals surface area contributed by atoms with E-state index in [4.69, 9.17) is 0 Å². The normalized spacial score (nSPS) is 25.8. The number of hydrogen-bond acceptors (Lipinski definition) is 3. The lowest BCUT2D eigenvalue weighted by Crippen LogP contribution is -2.44. The minimum Gasteiger partial charge on any atom is -0.311 e. The van der Waals surface area contributed by atoms with Gasteiger partial charge in [-0.2, -0.15) is 0 Å². The van der Waals surface area contributed by atoms with Crippen LogP contribution in [0.15, 0.2) is 35.1 Å². The van der Waals surface area contributed by atoms with E-state index in [2.05, 4.69) is 29.0 Å². The molecule has 0 bridgehead atoms. The van der Waals surface area contributed by atoms with Crippen molar-refractivity contribution in [2.45, 2.75) is 25.8 Å². The first-order valence-electron chi connectivity index (χ1n) is 9.05. The Hall–Kier alpha value is -1.65. The number of rotatable bonds is 2. The molecule has 0 unspecified atom stereocenters. The molecule has 4 heteroatoms. The highest BCUT2D eigenvalue weighted by molar-refractivity contribution is 5.79. The molecule has 24 heavy (non-hydrogen) atoms. The Kier molecular flexibility index (Phi) is 3.97. The Bertz CT molecular complexity index is 808. The molecule has 128 valence electrons. The molecule has 2 aromatic rings. The maximum absolute atomic E-state index is 12.7. The topological polar surface area (TPSA) is 28.5 Å². The summed E-state index contributed by atoms with van der Waals surface area (Å²) in [5.41, 5.74) is 2.55. The lowest BCUT2D eigenvalue weighted by atomic mass is 9.79. The van der Waals surface area contributed by atoms with Gasteiger partial charge < -0.3 is 9.47 Å². The molecule has 4 nitrogen and oxygen atoms in total. The smallest absolute Gasteiger partial charge is 0.255 e. The SMILES string of the molecule is CN1CC[C@@]2(CCCN(Cc3cc4ccccc4n(C)c3=O)C2)C1. The first-order valence-corrected chi connectivity index (χ1v) is 9.05. The number of likely N-dealkylation sites (tertiary alicyclic amines) is 2. The zero-order chi connectivity index (χ0) is 16.7. The molecular formula is C20H27N3O. The van der Waals surface area contributed by atoms with Crippen molar-refractivity contribution in [2.75, 3.05) is 33.2 Å². The van der Waals surface area contributed by atoms with Crippen LogP contribution < -0.4 is 5.56 Å². The summed E-state index contributed by atoms with van der Waals surface area (Å²) in [6.45, 7) is 5.45. The van der Waals surface area contributed by atoms with Crippen LogP contribution in [0.3, 0.4) is 0 Å². The molecule has 3 heterocycles. The molecule has 0 radical (unpaired) electrons. The number of aryl methyl sites for hydroxylation is 1. The predicted octanol–water partition coefficient (Wildman–Crippen LogP) is 2.46. The fourth-order valence-electron chi connectivity index (χ4n) is 4.78. The zero-order valence-corrected chi connectivity index (χ0v) is 14.8. The molecule has 0 aliphatic carbocycles. The zero-order valence-electron chi connectivity index (χ0n) is 14.8. The van der Waals surface area contributed by atoms with Crippen LogP contribution in [0.25, 0.3) is 10.9 Å². The van der Waals surface area contributed by atoms with E-state index in [-0.39, 0.29) is 5.56 Å². The first-order chi connectivity index (χ1) is 11.6. The van der Waals surface area contributed by atoms with Crippen LogP contribution in [0.5, 0.6) is 0 Å². The van der Waals surface area contributed by atoms with Gasteiger partial charge in [-0.05, 0) is 62.3 Å². The van der Waals surface area contributed by atoms with Crippen LogP contribution in [0, 0.1) is 5.41 Å². The van der Waals surface area contributed by atoms with E-state index in [0.29, 0.717) is 5.41 Å². The van der Waals surface area contributed by atoms with Gasteiger partial charge in [-0.25, -0.2) is 0 Å². The Morgan fingerprint density at radius 3 is 2.71 bits per heavy atom.